The Morgan fingerprint density at radius 1 is 1.09 bits per heavy atom. The zero-order valence-electron chi connectivity index (χ0n) is 12.6. The van der Waals surface area contributed by atoms with Crippen LogP contribution >= 0.6 is 0 Å². The fourth-order valence-corrected chi connectivity index (χ4v) is 2.95. The topological polar surface area (TPSA) is 59.8 Å². The van der Waals surface area contributed by atoms with Gasteiger partial charge in [0.05, 0.1) is 0 Å². The van der Waals surface area contributed by atoms with E-state index in [1.165, 1.54) is 17.5 Å². The standard InChI is InChI=1S/C18H16N4O/c23-18(21-16-5-4-13-2-1-3-14(13)10-16)15-6-7-20-17(11-15)22-9-8-19-12-22/h4-12H,1-3H2,(H,21,23). The van der Waals surface area contributed by atoms with Crippen LogP contribution in [-0.2, 0) is 12.8 Å². The molecule has 1 amide bonds. The number of nitrogens with one attached hydrogen (secondary N) is 1. The van der Waals surface area contributed by atoms with Crippen molar-refractivity contribution in [2.45, 2.75) is 19.3 Å². The summed E-state index contributed by atoms with van der Waals surface area (Å²) in [6.45, 7) is 0. The molecule has 0 atom stereocenters. The van der Waals surface area contributed by atoms with E-state index < -0.39 is 0 Å². The van der Waals surface area contributed by atoms with Crippen molar-refractivity contribution in [3.05, 3.63) is 71.9 Å². The van der Waals surface area contributed by atoms with E-state index in [4.69, 9.17) is 0 Å². The molecule has 114 valence electrons. The molecule has 0 aliphatic heterocycles. The predicted molar refractivity (Wildman–Crippen MR) is 87.8 cm³/mol. The molecule has 0 saturated carbocycles. The first-order chi connectivity index (χ1) is 11.3. The van der Waals surface area contributed by atoms with Crippen molar-refractivity contribution in [3.8, 4) is 5.82 Å². The Labute approximate surface area is 134 Å². The molecule has 0 bridgehead atoms. The quantitative estimate of drug-likeness (QED) is 0.809. The highest BCUT2D eigenvalue weighted by molar-refractivity contribution is 6.04. The van der Waals surface area contributed by atoms with Gasteiger partial charge in [-0.3, -0.25) is 9.36 Å². The van der Waals surface area contributed by atoms with Crippen LogP contribution in [-0.4, -0.2) is 20.4 Å². The van der Waals surface area contributed by atoms with Gasteiger partial charge in [-0.2, -0.15) is 0 Å². The van der Waals surface area contributed by atoms with Gasteiger partial charge >= 0.3 is 0 Å². The van der Waals surface area contributed by atoms with Crippen LogP contribution in [0.2, 0.25) is 0 Å². The van der Waals surface area contributed by atoms with Crippen molar-refractivity contribution in [1.82, 2.24) is 14.5 Å². The normalized spacial score (nSPS) is 12.9. The summed E-state index contributed by atoms with van der Waals surface area (Å²) in [7, 11) is 0. The predicted octanol–water partition coefficient (Wildman–Crippen LogP) is 3.01. The molecule has 1 aliphatic rings. The second-order valence-corrected chi connectivity index (χ2v) is 5.66. The van der Waals surface area contributed by atoms with Crippen LogP contribution in [0.1, 0.15) is 27.9 Å². The smallest absolute Gasteiger partial charge is 0.255 e. The number of benzene rings is 1. The molecule has 1 aliphatic carbocycles. The molecular weight excluding hydrogens is 288 g/mol. The summed E-state index contributed by atoms with van der Waals surface area (Å²) in [5.41, 5.74) is 4.16. The SMILES string of the molecule is O=C(Nc1ccc2c(c1)CCC2)c1ccnc(-n2ccnc2)c1. The summed E-state index contributed by atoms with van der Waals surface area (Å²) in [5.74, 6) is 0.538. The van der Waals surface area contributed by atoms with E-state index in [0.717, 1.165) is 18.5 Å². The molecule has 0 unspecified atom stereocenters. The van der Waals surface area contributed by atoms with Crippen LogP contribution in [0.5, 0.6) is 0 Å². The Balaban J connectivity index is 1.56. The average Bonchev–Trinajstić information content (AvgIpc) is 3.26. The summed E-state index contributed by atoms with van der Waals surface area (Å²) in [6, 6.07) is 9.63. The van der Waals surface area contributed by atoms with Crippen molar-refractivity contribution in [1.29, 1.82) is 0 Å². The molecule has 5 heteroatoms. The van der Waals surface area contributed by atoms with Gasteiger partial charge < -0.3 is 5.32 Å². The van der Waals surface area contributed by atoms with Gasteiger partial charge in [-0.05, 0) is 54.7 Å². The minimum Gasteiger partial charge on any atom is -0.322 e. The van der Waals surface area contributed by atoms with Crippen molar-refractivity contribution in [2.75, 3.05) is 5.32 Å². The van der Waals surface area contributed by atoms with Gasteiger partial charge in [0.2, 0.25) is 0 Å². The van der Waals surface area contributed by atoms with Crippen LogP contribution in [0.4, 0.5) is 5.69 Å². The van der Waals surface area contributed by atoms with Gasteiger partial charge in [-0.1, -0.05) is 6.07 Å². The molecule has 0 saturated heterocycles. The zero-order valence-corrected chi connectivity index (χ0v) is 12.6. The van der Waals surface area contributed by atoms with Crippen LogP contribution in [0.15, 0.2) is 55.2 Å². The lowest BCUT2D eigenvalue weighted by Gasteiger charge is -2.08. The first-order valence-corrected chi connectivity index (χ1v) is 7.67. The fourth-order valence-electron chi connectivity index (χ4n) is 2.95. The van der Waals surface area contributed by atoms with Crippen LogP contribution in [0.3, 0.4) is 0 Å². The average molecular weight is 304 g/mol. The summed E-state index contributed by atoms with van der Waals surface area (Å²) in [4.78, 5) is 20.7. The van der Waals surface area contributed by atoms with Gasteiger partial charge in [-0.15, -0.1) is 0 Å². The number of carbonyl (C=O) groups is 1. The number of aromatic nitrogens is 3. The van der Waals surface area contributed by atoms with E-state index >= 15 is 0 Å². The van der Waals surface area contributed by atoms with E-state index in [1.807, 2.05) is 6.07 Å². The Kier molecular flexibility index (Phi) is 3.38. The lowest BCUT2D eigenvalue weighted by Crippen LogP contribution is -2.13. The number of fused-ring (bicyclic) bond motifs is 1. The largest absolute Gasteiger partial charge is 0.322 e. The van der Waals surface area contributed by atoms with Gasteiger partial charge in [0.1, 0.15) is 12.1 Å². The summed E-state index contributed by atoms with van der Waals surface area (Å²) in [6.07, 6.45) is 10.2. The van der Waals surface area contributed by atoms with Gasteiger partial charge in [0.15, 0.2) is 0 Å². The third-order valence-corrected chi connectivity index (χ3v) is 4.13. The molecule has 2 aromatic heterocycles. The zero-order chi connectivity index (χ0) is 15.6. The number of pyridine rings is 1. The molecule has 23 heavy (non-hydrogen) atoms. The monoisotopic (exact) mass is 304 g/mol. The van der Waals surface area contributed by atoms with E-state index in [1.54, 1.807) is 41.6 Å². The molecule has 1 N–H and O–H groups in total. The van der Waals surface area contributed by atoms with Gasteiger partial charge in [-0.25, -0.2) is 9.97 Å². The molecule has 1 aromatic carbocycles. The maximum atomic E-state index is 12.5. The van der Waals surface area contributed by atoms with E-state index in [2.05, 4.69) is 27.4 Å². The minimum atomic E-state index is -0.133. The first-order valence-electron chi connectivity index (χ1n) is 7.67. The number of amides is 1. The highest BCUT2D eigenvalue weighted by Gasteiger charge is 2.13. The molecule has 0 fully saturated rings. The third kappa shape index (κ3) is 2.73. The summed E-state index contributed by atoms with van der Waals surface area (Å²) < 4.78 is 1.77. The number of hydrogen-bond donors (Lipinski definition) is 1. The van der Waals surface area contributed by atoms with E-state index in [0.29, 0.717) is 11.4 Å². The van der Waals surface area contributed by atoms with Crippen LogP contribution in [0.25, 0.3) is 5.82 Å². The molecule has 3 aromatic rings. The van der Waals surface area contributed by atoms with E-state index in [-0.39, 0.29) is 5.91 Å². The lowest BCUT2D eigenvalue weighted by molar-refractivity contribution is 0.102. The molecular formula is C18H16N4O. The third-order valence-electron chi connectivity index (χ3n) is 4.13. The number of imidazole rings is 1. The number of anilines is 1. The highest BCUT2D eigenvalue weighted by atomic mass is 16.1. The van der Waals surface area contributed by atoms with Crippen LogP contribution < -0.4 is 5.32 Å². The van der Waals surface area contributed by atoms with Crippen molar-refractivity contribution >= 4 is 11.6 Å². The van der Waals surface area contributed by atoms with Crippen LogP contribution in [0, 0.1) is 0 Å². The minimum absolute atomic E-state index is 0.133. The Morgan fingerprint density at radius 3 is 2.87 bits per heavy atom. The Morgan fingerprint density at radius 2 is 2.00 bits per heavy atom. The Hall–Kier alpha value is -2.95. The van der Waals surface area contributed by atoms with Crippen molar-refractivity contribution in [3.63, 3.8) is 0 Å². The molecule has 5 nitrogen and oxygen atoms in total. The molecule has 0 radical (unpaired) electrons. The first kappa shape index (κ1) is 13.7. The Bertz CT molecular complexity index is 855. The van der Waals surface area contributed by atoms with Gasteiger partial charge in [0.25, 0.3) is 5.91 Å². The number of aryl methyl sites for hydroxylation is 2. The summed E-state index contributed by atoms with van der Waals surface area (Å²) in [5, 5.41) is 2.97. The van der Waals surface area contributed by atoms with E-state index in [9.17, 15) is 4.79 Å². The maximum absolute atomic E-state index is 12.5. The van der Waals surface area contributed by atoms with Crippen molar-refractivity contribution < 1.29 is 4.79 Å². The number of nitrogens with zero attached hydrogens (tertiary/aromatic N) is 3. The lowest BCUT2D eigenvalue weighted by atomic mass is 10.1. The molecule has 2 heterocycles. The fraction of sp³-hybridized carbons (Fsp3) is 0.167. The number of hydrogen-bond acceptors (Lipinski definition) is 3. The highest BCUT2D eigenvalue weighted by Crippen LogP contribution is 2.25. The molecule has 0 spiro atoms. The second-order valence-electron chi connectivity index (χ2n) is 5.66. The molecule has 4 rings (SSSR count). The second kappa shape index (κ2) is 5.68. The maximum Gasteiger partial charge on any atom is 0.255 e. The van der Waals surface area contributed by atoms with Gasteiger partial charge in [0, 0.05) is 29.8 Å². The summed E-state index contributed by atoms with van der Waals surface area (Å²) >= 11 is 0. The van der Waals surface area contributed by atoms with Crippen molar-refractivity contribution in [2.24, 2.45) is 0 Å². The number of rotatable bonds is 3. The number of carbonyl (C=O) groups excluding carboxylic acids is 1.